The van der Waals surface area contributed by atoms with Crippen LogP contribution in [-0.2, 0) is 13.0 Å². The third-order valence-electron chi connectivity index (χ3n) is 6.02. The maximum atomic E-state index is 12.8. The van der Waals surface area contributed by atoms with Gasteiger partial charge < -0.3 is 19.0 Å². The molecule has 0 N–H and O–H groups in total. The molecule has 0 atom stereocenters. The first-order chi connectivity index (χ1) is 13.1. The summed E-state index contributed by atoms with van der Waals surface area (Å²) in [6.45, 7) is 6.02. The number of aryl methyl sites for hydroxylation is 1. The molecule has 1 aromatic heterocycles. The number of nitrogens with zero attached hydrogens (tertiary/aromatic N) is 2. The molecule has 1 amide bonds. The molecule has 5 heteroatoms. The van der Waals surface area contributed by atoms with E-state index in [0.717, 1.165) is 62.4 Å². The SMILES string of the molecule is CCN1CCC2(CCc3cc(C(=O)N(C)Cc4ccco4)ccc3O2)CC1. The summed E-state index contributed by atoms with van der Waals surface area (Å²) in [6, 6.07) is 9.60. The van der Waals surface area contributed by atoms with E-state index in [1.165, 1.54) is 0 Å². The summed E-state index contributed by atoms with van der Waals surface area (Å²) < 4.78 is 11.8. The Bertz CT molecular complexity index is 792. The van der Waals surface area contributed by atoms with Gasteiger partial charge in [0, 0.05) is 25.7 Å². The van der Waals surface area contributed by atoms with E-state index in [1.54, 1.807) is 18.2 Å². The lowest BCUT2D eigenvalue weighted by Crippen LogP contribution is -2.49. The quantitative estimate of drug-likeness (QED) is 0.825. The molecule has 0 saturated carbocycles. The van der Waals surface area contributed by atoms with E-state index in [2.05, 4.69) is 11.8 Å². The van der Waals surface area contributed by atoms with Crippen LogP contribution in [0.1, 0.15) is 47.9 Å². The topological polar surface area (TPSA) is 45.9 Å². The van der Waals surface area contributed by atoms with Crippen molar-refractivity contribution in [1.82, 2.24) is 9.80 Å². The van der Waals surface area contributed by atoms with Crippen LogP contribution >= 0.6 is 0 Å². The lowest BCUT2D eigenvalue weighted by Gasteiger charge is -2.44. The molecule has 4 rings (SSSR count). The number of ether oxygens (including phenoxy) is 1. The fourth-order valence-corrected chi connectivity index (χ4v) is 4.21. The molecular formula is C22H28N2O3. The van der Waals surface area contributed by atoms with E-state index in [-0.39, 0.29) is 11.5 Å². The van der Waals surface area contributed by atoms with Gasteiger partial charge in [-0.3, -0.25) is 4.79 Å². The van der Waals surface area contributed by atoms with Gasteiger partial charge in [0.1, 0.15) is 17.1 Å². The molecule has 0 radical (unpaired) electrons. The van der Waals surface area contributed by atoms with Crippen molar-refractivity contribution in [2.75, 3.05) is 26.7 Å². The molecule has 1 saturated heterocycles. The van der Waals surface area contributed by atoms with E-state index in [4.69, 9.17) is 9.15 Å². The molecule has 0 unspecified atom stereocenters. The Balaban J connectivity index is 1.45. The fraction of sp³-hybridized carbons (Fsp3) is 0.500. The molecule has 1 spiro atoms. The fourth-order valence-electron chi connectivity index (χ4n) is 4.21. The number of carbonyl (C=O) groups is 1. The second-order valence-electron chi connectivity index (χ2n) is 7.78. The number of likely N-dealkylation sites (tertiary alicyclic amines) is 1. The second kappa shape index (κ2) is 7.39. The molecule has 2 aliphatic rings. The highest BCUT2D eigenvalue weighted by atomic mass is 16.5. The first-order valence-electron chi connectivity index (χ1n) is 9.91. The zero-order valence-corrected chi connectivity index (χ0v) is 16.2. The van der Waals surface area contributed by atoms with Gasteiger partial charge in [-0.25, -0.2) is 0 Å². The van der Waals surface area contributed by atoms with Crippen molar-refractivity contribution >= 4 is 5.91 Å². The Labute approximate surface area is 160 Å². The third kappa shape index (κ3) is 3.74. The van der Waals surface area contributed by atoms with Crippen LogP contribution in [0.4, 0.5) is 0 Å². The summed E-state index contributed by atoms with van der Waals surface area (Å²) in [4.78, 5) is 16.9. The molecule has 1 aromatic carbocycles. The number of benzene rings is 1. The van der Waals surface area contributed by atoms with Crippen molar-refractivity contribution in [1.29, 1.82) is 0 Å². The van der Waals surface area contributed by atoms with Gasteiger partial charge in [-0.2, -0.15) is 0 Å². The highest BCUT2D eigenvalue weighted by Gasteiger charge is 2.39. The average Bonchev–Trinajstić information content (AvgIpc) is 3.20. The van der Waals surface area contributed by atoms with Gasteiger partial charge in [0.15, 0.2) is 0 Å². The van der Waals surface area contributed by atoms with Crippen molar-refractivity contribution in [3.8, 4) is 5.75 Å². The summed E-state index contributed by atoms with van der Waals surface area (Å²) in [7, 11) is 1.80. The Hall–Kier alpha value is -2.27. The molecule has 2 aromatic rings. The van der Waals surface area contributed by atoms with Crippen LogP contribution in [0, 0.1) is 0 Å². The number of furan rings is 1. The average molecular weight is 368 g/mol. The number of carbonyl (C=O) groups excluding carboxylic acids is 1. The van der Waals surface area contributed by atoms with Gasteiger partial charge in [0.2, 0.25) is 0 Å². The third-order valence-corrected chi connectivity index (χ3v) is 6.02. The van der Waals surface area contributed by atoms with Crippen LogP contribution in [0.3, 0.4) is 0 Å². The lowest BCUT2D eigenvalue weighted by molar-refractivity contribution is -0.0132. The number of amides is 1. The largest absolute Gasteiger partial charge is 0.487 e. The van der Waals surface area contributed by atoms with Crippen molar-refractivity contribution in [2.24, 2.45) is 0 Å². The summed E-state index contributed by atoms with van der Waals surface area (Å²) in [5.41, 5.74) is 1.85. The van der Waals surface area contributed by atoms with Gasteiger partial charge in [-0.15, -0.1) is 0 Å². The van der Waals surface area contributed by atoms with Crippen LogP contribution in [0.15, 0.2) is 41.0 Å². The number of hydrogen-bond acceptors (Lipinski definition) is 4. The highest BCUT2D eigenvalue weighted by molar-refractivity contribution is 5.94. The van der Waals surface area contributed by atoms with E-state index < -0.39 is 0 Å². The van der Waals surface area contributed by atoms with Gasteiger partial charge in [0.05, 0.1) is 12.8 Å². The molecular weight excluding hydrogens is 340 g/mol. The van der Waals surface area contributed by atoms with Crippen molar-refractivity contribution < 1.29 is 13.9 Å². The number of fused-ring (bicyclic) bond motifs is 1. The Morgan fingerprint density at radius 1 is 1.22 bits per heavy atom. The summed E-state index contributed by atoms with van der Waals surface area (Å²) in [5, 5.41) is 0. The van der Waals surface area contributed by atoms with E-state index in [9.17, 15) is 4.79 Å². The Kier molecular flexibility index (Phi) is 4.96. The van der Waals surface area contributed by atoms with Gasteiger partial charge in [0.25, 0.3) is 5.91 Å². The standard InChI is InChI=1S/C22H28N2O3/c1-3-24-12-10-22(11-13-24)9-8-17-15-18(6-7-20(17)27-22)21(25)23(2)16-19-5-4-14-26-19/h4-7,14-15H,3,8-13,16H2,1-2H3. The second-order valence-corrected chi connectivity index (χ2v) is 7.78. The zero-order valence-electron chi connectivity index (χ0n) is 16.2. The van der Waals surface area contributed by atoms with E-state index in [0.29, 0.717) is 12.1 Å². The first kappa shape index (κ1) is 18.1. The number of hydrogen-bond donors (Lipinski definition) is 0. The minimum absolute atomic E-state index is 0.00532. The van der Waals surface area contributed by atoms with Gasteiger partial charge in [-0.05, 0) is 68.1 Å². The number of piperidine rings is 1. The van der Waals surface area contributed by atoms with Crippen molar-refractivity contribution in [3.63, 3.8) is 0 Å². The summed E-state index contributed by atoms with van der Waals surface area (Å²) >= 11 is 0. The molecule has 2 aliphatic heterocycles. The lowest BCUT2D eigenvalue weighted by atomic mass is 9.83. The smallest absolute Gasteiger partial charge is 0.254 e. The molecule has 0 bridgehead atoms. The minimum Gasteiger partial charge on any atom is -0.487 e. The molecule has 27 heavy (non-hydrogen) atoms. The first-order valence-corrected chi connectivity index (χ1v) is 9.91. The predicted molar refractivity (Wildman–Crippen MR) is 104 cm³/mol. The normalized spacial score (nSPS) is 18.7. The highest BCUT2D eigenvalue weighted by Crippen LogP contribution is 2.39. The molecule has 1 fully saturated rings. The number of rotatable bonds is 4. The maximum Gasteiger partial charge on any atom is 0.254 e. The van der Waals surface area contributed by atoms with Crippen LogP contribution in [-0.4, -0.2) is 48.0 Å². The zero-order chi connectivity index (χ0) is 18.9. The minimum atomic E-state index is -0.0136. The Morgan fingerprint density at radius 3 is 2.74 bits per heavy atom. The van der Waals surface area contributed by atoms with E-state index in [1.807, 2.05) is 30.3 Å². The molecule has 144 valence electrons. The van der Waals surface area contributed by atoms with E-state index >= 15 is 0 Å². The van der Waals surface area contributed by atoms with Gasteiger partial charge >= 0.3 is 0 Å². The monoisotopic (exact) mass is 368 g/mol. The van der Waals surface area contributed by atoms with Gasteiger partial charge in [-0.1, -0.05) is 6.92 Å². The van der Waals surface area contributed by atoms with Crippen LogP contribution in [0.2, 0.25) is 0 Å². The predicted octanol–water partition coefficient (Wildman–Crippen LogP) is 3.73. The molecule has 5 nitrogen and oxygen atoms in total. The Morgan fingerprint density at radius 2 is 2.04 bits per heavy atom. The molecule has 3 heterocycles. The summed E-state index contributed by atoms with van der Waals surface area (Å²) in [5.74, 6) is 1.75. The van der Waals surface area contributed by atoms with Crippen LogP contribution < -0.4 is 4.74 Å². The van der Waals surface area contributed by atoms with Crippen LogP contribution in [0.5, 0.6) is 5.75 Å². The molecule has 0 aliphatic carbocycles. The summed E-state index contributed by atoms with van der Waals surface area (Å²) in [6.07, 6.45) is 5.83. The van der Waals surface area contributed by atoms with Crippen molar-refractivity contribution in [2.45, 2.75) is 44.8 Å². The maximum absolute atomic E-state index is 12.8. The van der Waals surface area contributed by atoms with Crippen molar-refractivity contribution in [3.05, 3.63) is 53.5 Å². The van der Waals surface area contributed by atoms with Crippen LogP contribution in [0.25, 0.3) is 0 Å².